The minimum Gasteiger partial charge on any atom is -0.481 e. The lowest BCUT2D eigenvalue weighted by molar-refractivity contribution is -0.139. The Balaban J connectivity index is 1.48. The summed E-state index contributed by atoms with van der Waals surface area (Å²) in [7, 11) is 1.81. The number of hydrogen-bond acceptors (Lipinski definition) is 3. The Hall–Kier alpha value is -2.54. The molecule has 0 N–H and O–H groups in total. The van der Waals surface area contributed by atoms with E-state index in [2.05, 4.69) is 15.9 Å². The van der Waals surface area contributed by atoms with Crippen molar-refractivity contribution >= 4 is 27.9 Å². The van der Waals surface area contributed by atoms with Crippen molar-refractivity contribution in [3.63, 3.8) is 0 Å². The summed E-state index contributed by atoms with van der Waals surface area (Å²) in [5.74, 6) is 0.600. The van der Waals surface area contributed by atoms with Gasteiger partial charge in [-0.2, -0.15) is 0 Å². The van der Waals surface area contributed by atoms with Gasteiger partial charge in [0, 0.05) is 44.2 Å². The smallest absolute Gasteiger partial charge is 0.320 e. The van der Waals surface area contributed by atoms with Gasteiger partial charge in [-0.15, -0.1) is 0 Å². The quantitative estimate of drug-likeness (QED) is 0.685. The topological polar surface area (TPSA) is 53.1 Å². The zero-order valence-corrected chi connectivity index (χ0v) is 18.3. The van der Waals surface area contributed by atoms with Crippen LogP contribution in [0.15, 0.2) is 59.1 Å². The Labute approximate surface area is 180 Å². The van der Waals surface area contributed by atoms with Gasteiger partial charge in [0.2, 0.25) is 0 Å². The molecule has 0 unspecified atom stereocenters. The molecule has 0 saturated carbocycles. The third kappa shape index (κ3) is 5.73. The molecule has 0 aliphatic carbocycles. The fraction of sp³-hybridized carbons (Fsp3) is 0.364. The van der Waals surface area contributed by atoms with Gasteiger partial charge in [0.25, 0.3) is 5.91 Å². The standard InChI is InChI=1S/C22H26BrN3O3/c1-17(29-20-10-8-19(23)9-11-20)21(27)25-12-14-26(15-13-25)22(28)24(2)16-18-6-4-3-5-7-18/h3-11,17H,12-16H2,1-2H3/t17-/m0/s1. The first-order valence-electron chi connectivity index (χ1n) is 9.69. The lowest BCUT2D eigenvalue weighted by Crippen LogP contribution is -2.55. The number of benzene rings is 2. The van der Waals surface area contributed by atoms with Crippen LogP contribution in [0, 0.1) is 0 Å². The van der Waals surface area contributed by atoms with Gasteiger partial charge in [0.1, 0.15) is 5.75 Å². The molecule has 3 amide bonds. The number of piperazine rings is 1. The van der Waals surface area contributed by atoms with Crippen molar-refractivity contribution in [1.29, 1.82) is 0 Å². The molecule has 6 nitrogen and oxygen atoms in total. The predicted octanol–water partition coefficient (Wildman–Crippen LogP) is 3.61. The molecule has 1 saturated heterocycles. The normalized spacial score (nSPS) is 15.0. The summed E-state index contributed by atoms with van der Waals surface area (Å²) in [5.41, 5.74) is 1.09. The van der Waals surface area contributed by atoms with E-state index in [9.17, 15) is 9.59 Å². The molecule has 1 atom stereocenters. The van der Waals surface area contributed by atoms with Crippen LogP contribution >= 0.6 is 15.9 Å². The minimum absolute atomic E-state index is 0.0138. The lowest BCUT2D eigenvalue weighted by Gasteiger charge is -2.37. The SMILES string of the molecule is C[C@H](Oc1ccc(Br)cc1)C(=O)N1CCN(C(=O)N(C)Cc2ccccc2)CC1. The molecule has 154 valence electrons. The highest BCUT2D eigenvalue weighted by Gasteiger charge is 2.29. The number of rotatable bonds is 5. The van der Waals surface area contributed by atoms with Crippen LogP contribution in [0.2, 0.25) is 0 Å². The molecule has 7 heteroatoms. The van der Waals surface area contributed by atoms with Crippen LogP contribution < -0.4 is 4.74 Å². The summed E-state index contributed by atoms with van der Waals surface area (Å²) < 4.78 is 6.72. The van der Waals surface area contributed by atoms with E-state index in [1.165, 1.54) is 0 Å². The molecule has 1 aliphatic heterocycles. The molecular formula is C22H26BrN3O3. The number of amides is 3. The summed E-state index contributed by atoms with van der Waals surface area (Å²) in [5, 5.41) is 0. The van der Waals surface area contributed by atoms with E-state index in [-0.39, 0.29) is 11.9 Å². The van der Waals surface area contributed by atoms with Crippen molar-refractivity contribution in [3.8, 4) is 5.75 Å². The second-order valence-electron chi connectivity index (χ2n) is 7.15. The summed E-state index contributed by atoms with van der Waals surface area (Å²) in [6.07, 6.45) is -0.570. The first kappa shape index (κ1) is 21.2. The van der Waals surface area contributed by atoms with Crippen LogP contribution in [-0.2, 0) is 11.3 Å². The molecular weight excluding hydrogens is 434 g/mol. The molecule has 1 aliphatic rings. The summed E-state index contributed by atoms with van der Waals surface area (Å²) in [4.78, 5) is 30.7. The van der Waals surface area contributed by atoms with Crippen molar-refractivity contribution in [1.82, 2.24) is 14.7 Å². The number of carbonyl (C=O) groups is 2. The monoisotopic (exact) mass is 459 g/mol. The highest BCUT2D eigenvalue weighted by molar-refractivity contribution is 9.10. The number of ether oxygens (including phenoxy) is 1. The Morgan fingerprint density at radius 3 is 2.21 bits per heavy atom. The van der Waals surface area contributed by atoms with Crippen LogP contribution in [0.1, 0.15) is 12.5 Å². The number of halogens is 1. The first-order valence-corrected chi connectivity index (χ1v) is 10.5. The summed E-state index contributed by atoms with van der Waals surface area (Å²) in [6, 6.07) is 17.3. The third-order valence-corrected chi connectivity index (χ3v) is 5.45. The highest BCUT2D eigenvalue weighted by atomic mass is 79.9. The van der Waals surface area contributed by atoms with Gasteiger partial charge in [0.15, 0.2) is 6.10 Å². The van der Waals surface area contributed by atoms with Crippen molar-refractivity contribution in [2.45, 2.75) is 19.6 Å². The molecule has 2 aromatic carbocycles. The van der Waals surface area contributed by atoms with Crippen molar-refractivity contribution < 1.29 is 14.3 Å². The van der Waals surface area contributed by atoms with E-state index in [1.54, 1.807) is 28.7 Å². The first-order chi connectivity index (χ1) is 13.9. The van der Waals surface area contributed by atoms with Gasteiger partial charge < -0.3 is 19.4 Å². The predicted molar refractivity (Wildman–Crippen MR) is 116 cm³/mol. The van der Waals surface area contributed by atoms with E-state index in [0.29, 0.717) is 38.5 Å². The Morgan fingerprint density at radius 1 is 1.00 bits per heavy atom. The number of carbonyl (C=O) groups excluding carboxylic acids is 2. The molecule has 1 fully saturated rings. The molecule has 1 heterocycles. The van der Waals surface area contributed by atoms with Crippen LogP contribution in [0.4, 0.5) is 4.79 Å². The fourth-order valence-electron chi connectivity index (χ4n) is 3.31. The van der Waals surface area contributed by atoms with Gasteiger partial charge in [-0.3, -0.25) is 4.79 Å². The van der Waals surface area contributed by atoms with E-state index < -0.39 is 6.10 Å². The van der Waals surface area contributed by atoms with Crippen LogP contribution in [0.3, 0.4) is 0 Å². The Kier molecular flexibility index (Phi) is 7.14. The van der Waals surface area contributed by atoms with Crippen LogP contribution in [0.5, 0.6) is 5.75 Å². The number of nitrogens with zero attached hydrogens (tertiary/aromatic N) is 3. The molecule has 3 rings (SSSR count). The zero-order valence-electron chi connectivity index (χ0n) is 16.8. The maximum atomic E-state index is 12.7. The van der Waals surface area contributed by atoms with E-state index >= 15 is 0 Å². The third-order valence-electron chi connectivity index (χ3n) is 4.93. The highest BCUT2D eigenvalue weighted by Crippen LogP contribution is 2.18. The van der Waals surface area contributed by atoms with Crippen molar-refractivity contribution in [2.75, 3.05) is 33.2 Å². The largest absolute Gasteiger partial charge is 0.481 e. The van der Waals surface area contributed by atoms with E-state index in [0.717, 1.165) is 10.0 Å². The summed E-state index contributed by atoms with van der Waals surface area (Å²) in [6.45, 7) is 4.39. The maximum Gasteiger partial charge on any atom is 0.320 e. The zero-order chi connectivity index (χ0) is 20.8. The average molecular weight is 460 g/mol. The number of hydrogen-bond donors (Lipinski definition) is 0. The molecule has 0 spiro atoms. The van der Waals surface area contributed by atoms with Gasteiger partial charge in [-0.25, -0.2) is 4.79 Å². The fourth-order valence-corrected chi connectivity index (χ4v) is 3.57. The molecule has 0 bridgehead atoms. The maximum absolute atomic E-state index is 12.7. The van der Waals surface area contributed by atoms with Gasteiger partial charge in [-0.05, 0) is 36.8 Å². The van der Waals surface area contributed by atoms with Crippen molar-refractivity contribution in [3.05, 3.63) is 64.6 Å². The minimum atomic E-state index is -0.570. The van der Waals surface area contributed by atoms with E-state index in [1.807, 2.05) is 54.6 Å². The molecule has 29 heavy (non-hydrogen) atoms. The number of urea groups is 1. The molecule has 0 aromatic heterocycles. The second-order valence-corrected chi connectivity index (χ2v) is 8.07. The van der Waals surface area contributed by atoms with Crippen molar-refractivity contribution in [2.24, 2.45) is 0 Å². The average Bonchev–Trinajstić information content (AvgIpc) is 2.75. The molecule has 0 radical (unpaired) electrons. The van der Waals surface area contributed by atoms with Gasteiger partial charge in [-0.1, -0.05) is 46.3 Å². The second kappa shape index (κ2) is 9.78. The lowest BCUT2D eigenvalue weighted by atomic mass is 10.2. The Morgan fingerprint density at radius 2 is 1.59 bits per heavy atom. The van der Waals surface area contributed by atoms with Gasteiger partial charge in [0.05, 0.1) is 0 Å². The van der Waals surface area contributed by atoms with Gasteiger partial charge >= 0.3 is 6.03 Å². The molecule has 2 aromatic rings. The summed E-state index contributed by atoms with van der Waals surface area (Å²) >= 11 is 3.38. The van der Waals surface area contributed by atoms with Crippen LogP contribution in [0.25, 0.3) is 0 Å². The van der Waals surface area contributed by atoms with Crippen LogP contribution in [-0.4, -0.2) is 66.0 Å². The Bertz CT molecular complexity index is 821. The van der Waals surface area contributed by atoms with E-state index in [4.69, 9.17) is 4.74 Å².